The lowest BCUT2D eigenvalue weighted by Crippen LogP contribution is -2.32. The van der Waals surface area contributed by atoms with E-state index in [9.17, 15) is 0 Å². The van der Waals surface area contributed by atoms with E-state index >= 15 is 0 Å². The molecule has 0 amide bonds. The average Bonchev–Trinajstić information content (AvgIpc) is 2.58. The molecule has 0 radical (unpaired) electrons. The van der Waals surface area contributed by atoms with Crippen molar-refractivity contribution in [2.75, 3.05) is 7.05 Å². The van der Waals surface area contributed by atoms with Crippen LogP contribution in [0.25, 0.3) is 0 Å². The molecule has 0 bridgehead atoms. The van der Waals surface area contributed by atoms with E-state index in [1.807, 2.05) is 0 Å². The molecule has 1 aliphatic heterocycles. The van der Waals surface area contributed by atoms with Gasteiger partial charge in [0.1, 0.15) is 0 Å². The van der Waals surface area contributed by atoms with Crippen LogP contribution in [0.15, 0.2) is 0 Å². The highest BCUT2D eigenvalue weighted by molar-refractivity contribution is 4.97. The zero-order valence-corrected chi connectivity index (χ0v) is 7.88. The van der Waals surface area contributed by atoms with Crippen molar-refractivity contribution in [2.24, 2.45) is 11.8 Å². The van der Waals surface area contributed by atoms with E-state index in [1.54, 1.807) is 0 Å². The van der Waals surface area contributed by atoms with Gasteiger partial charge in [-0.25, -0.2) is 0 Å². The maximum absolute atomic E-state index is 2.59. The van der Waals surface area contributed by atoms with Crippen LogP contribution < -0.4 is 0 Å². The Morgan fingerprint density at radius 1 is 1.18 bits per heavy atom. The van der Waals surface area contributed by atoms with Gasteiger partial charge in [-0.1, -0.05) is 6.92 Å². The molecule has 0 aromatic rings. The molecule has 1 saturated heterocycles. The molecule has 64 valence electrons. The first-order chi connectivity index (χ1) is 5.20. The lowest BCUT2D eigenvalue weighted by Gasteiger charge is -2.23. The molecule has 4 atom stereocenters. The van der Waals surface area contributed by atoms with E-state index in [4.69, 9.17) is 0 Å². The van der Waals surface area contributed by atoms with Crippen molar-refractivity contribution in [3.05, 3.63) is 0 Å². The highest BCUT2D eigenvalue weighted by atomic mass is 15.2. The summed E-state index contributed by atoms with van der Waals surface area (Å²) in [5.74, 6) is 2.07. The van der Waals surface area contributed by atoms with Gasteiger partial charge in [0.2, 0.25) is 0 Å². The van der Waals surface area contributed by atoms with Gasteiger partial charge in [-0.3, -0.25) is 0 Å². The zero-order chi connectivity index (χ0) is 8.01. The Morgan fingerprint density at radius 3 is 2.18 bits per heavy atom. The molecule has 11 heavy (non-hydrogen) atoms. The fourth-order valence-corrected chi connectivity index (χ4v) is 2.55. The standard InChI is InChI=1S/C10H19N/c1-7-6-9(7)10-5-4-8(2)11(10)3/h7-10H,4-6H2,1-3H3. The largest absolute Gasteiger partial charge is 0.300 e. The molecule has 4 unspecified atom stereocenters. The third kappa shape index (κ3) is 1.20. The molecule has 0 spiro atoms. The summed E-state index contributed by atoms with van der Waals surface area (Å²) >= 11 is 0. The molecule has 2 fully saturated rings. The number of hydrogen-bond acceptors (Lipinski definition) is 1. The first-order valence-electron chi connectivity index (χ1n) is 4.92. The molecule has 1 nitrogen and oxygen atoms in total. The summed E-state index contributed by atoms with van der Waals surface area (Å²) in [7, 11) is 2.30. The Bertz CT molecular complexity index is 155. The van der Waals surface area contributed by atoms with Crippen LogP contribution in [0, 0.1) is 11.8 Å². The summed E-state index contributed by atoms with van der Waals surface area (Å²) in [5, 5.41) is 0. The van der Waals surface area contributed by atoms with Crippen molar-refractivity contribution < 1.29 is 0 Å². The second-order valence-electron chi connectivity index (χ2n) is 4.54. The highest BCUT2D eigenvalue weighted by Gasteiger charge is 2.44. The molecule has 0 N–H and O–H groups in total. The van der Waals surface area contributed by atoms with E-state index in [2.05, 4.69) is 25.8 Å². The van der Waals surface area contributed by atoms with E-state index < -0.39 is 0 Å². The van der Waals surface area contributed by atoms with E-state index in [0.29, 0.717) is 0 Å². The zero-order valence-electron chi connectivity index (χ0n) is 7.88. The van der Waals surface area contributed by atoms with Crippen molar-refractivity contribution in [2.45, 2.75) is 45.2 Å². The first kappa shape index (κ1) is 7.60. The van der Waals surface area contributed by atoms with E-state index in [-0.39, 0.29) is 0 Å². The maximum atomic E-state index is 2.59. The van der Waals surface area contributed by atoms with E-state index in [0.717, 1.165) is 23.9 Å². The summed E-state index contributed by atoms with van der Waals surface area (Å²) in [5.41, 5.74) is 0. The smallest absolute Gasteiger partial charge is 0.0126 e. The fraction of sp³-hybridized carbons (Fsp3) is 1.00. The van der Waals surface area contributed by atoms with Gasteiger partial charge in [-0.05, 0) is 45.1 Å². The number of rotatable bonds is 1. The fourth-order valence-electron chi connectivity index (χ4n) is 2.55. The second kappa shape index (κ2) is 2.48. The average molecular weight is 153 g/mol. The van der Waals surface area contributed by atoms with Crippen LogP contribution in [-0.2, 0) is 0 Å². The van der Waals surface area contributed by atoms with Crippen LogP contribution in [0.3, 0.4) is 0 Å². The summed E-state index contributed by atoms with van der Waals surface area (Å²) in [6.07, 6.45) is 4.36. The molecule has 0 aromatic heterocycles. The highest BCUT2D eigenvalue weighted by Crippen LogP contribution is 2.46. The molecular formula is C10H19N. The molecule has 1 heteroatoms. The third-order valence-corrected chi connectivity index (χ3v) is 3.76. The van der Waals surface area contributed by atoms with Crippen molar-refractivity contribution in [1.29, 1.82) is 0 Å². The molecule has 1 heterocycles. The van der Waals surface area contributed by atoms with Gasteiger partial charge in [0.05, 0.1) is 0 Å². The Morgan fingerprint density at radius 2 is 1.82 bits per heavy atom. The minimum Gasteiger partial charge on any atom is -0.300 e. The third-order valence-electron chi connectivity index (χ3n) is 3.76. The normalized spacial score (nSPS) is 51.5. The van der Waals surface area contributed by atoms with Gasteiger partial charge in [0.25, 0.3) is 0 Å². The number of hydrogen-bond donors (Lipinski definition) is 0. The van der Waals surface area contributed by atoms with Gasteiger partial charge in [-0.2, -0.15) is 0 Å². The quantitative estimate of drug-likeness (QED) is 0.558. The molecule has 2 rings (SSSR count). The predicted octanol–water partition coefficient (Wildman–Crippen LogP) is 2.13. The summed E-state index contributed by atoms with van der Waals surface area (Å²) in [6, 6.07) is 1.77. The minimum absolute atomic E-state index is 0.841. The van der Waals surface area contributed by atoms with Crippen LogP contribution in [0.4, 0.5) is 0 Å². The second-order valence-corrected chi connectivity index (χ2v) is 4.54. The Hall–Kier alpha value is -0.0400. The van der Waals surface area contributed by atoms with Crippen molar-refractivity contribution >= 4 is 0 Å². The summed E-state index contributed by atoms with van der Waals surface area (Å²) in [4.78, 5) is 2.59. The van der Waals surface area contributed by atoms with Gasteiger partial charge in [0, 0.05) is 12.1 Å². The lowest BCUT2D eigenvalue weighted by molar-refractivity contribution is 0.227. The van der Waals surface area contributed by atoms with Gasteiger partial charge >= 0.3 is 0 Å². The van der Waals surface area contributed by atoms with Gasteiger partial charge < -0.3 is 4.90 Å². The van der Waals surface area contributed by atoms with Crippen LogP contribution in [-0.4, -0.2) is 24.0 Å². The minimum atomic E-state index is 0.841. The monoisotopic (exact) mass is 153 g/mol. The SMILES string of the molecule is CC1CC1C1CCC(C)N1C. The molecular weight excluding hydrogens is 134 g/mol. The summed E-state index contributed by atoms with van der Waals surface area (Å²) in [6.45, 7) is 4.74. The Balaban J connectivity index is 1.95. The van der Waals surface area contributed by atoms with Crippen LogP contribution >= 0.6 is 0 Å². The molecule has 1 saturated carbocycles. The Kier molecular flexibility index (Phi) is 1.71. The first-order valence-corrected chi connectivity index (χ1v) is 4.92. The van der Waals surface area contributed by atoms with Gasteiger partial charge in [-0.15, -0.1) is 0 Å². The van der Waals surface area contributed by atoms with Crippen molar-refractivity contribution in [1.82, 2.24) is 4.90 Å². The number of nitrogens with zero attached hydrogens (tertiary/aromatic N) is 1. The summed E-state index contributed by atoms with van der Waals surface area (Å²) < 4.78 is 0. The Labute approximate surface area is 69.8 Å². The molecule has 1 aliphatic carbocycles. The molecule has 0 aromatic carbocycles. The topological polar surface area (TPSA) is 3.24 Å². The van der Waals surface area contributed by atoms with Crippen LogP contribution in [0.2, 0.25) is 0 Å². The van der Waals surface area contributed by atoms with Crippen LogP contribution in [0.5, 0.6) is 0 Å². The van der Waals surface area contributed by atoms with Crippen LogP contribution in [0.1, 0.15) is 33.1 Å². The lowest BCUT2D eigenvalue weighted by atomic mass is 10.1. The van der Waals surface area contributed by atoms with Gasteiger partial charge in [0.15, 0.2) is 0 Å². The molecule has 2 aliphatic rings. The number of likely N-dealkylation sites (tertiary alicyclic amines) is 1. The van der Waals surface area contributed by atoms with Crippen molar-refractivity contribution in [3.8, 4) is 0 Å². The van der Waals surface area contributed by atoms with E-state index in [1.165, 1.54) is 19.3 Å². The predicted molar refractivity (Wildman–Crippen MR) is 47.5 cm³/mol. The maximum Gasteiger partial charge on any atom is 0.0126 e. The van der Waals surface area contributed by atoms with Crippen molar-refractivity contribution in [3.63, 3.8) is 0 Å².